The Morgan fingerprint density at radius 3 is 2.20 bits per heavy atom. The summed E-state index contributed by atoms with van der Waals surface area (Å²) >= 11 is 1.34. The third-order valence-electron chi connectivity index (χ3n) is 2.59. The molecule has 0 radical (unpaired) electrons. The van der Waals surface area contributed by atoms with Gasteiger partial charge >= 0.3 is 0 Å². The molecule has 0 aliphatic heterocycles. The highest BCUT2D eigenvalue weighted by Crippen LogP contribution is 2.22. The van der Waals surface area contributed by atoms with Crippen LogP contribution in [0.4, 0.5) is 5.13 Å². The Morgan fingerprint density at radius 1 is 1.15 bits per heavy atom. The molecule has 1 aromatic rings. The van der Waals surface area contributed by atoms with E-state index in [1.807, 2.05) is 13.8 Å². The number of nitrogens with zero attached hydrogens (tertiary/aromatic N) is 2. The van der Waals surface area contributed by atoms with E-state index < -0.39 is 11.5 Å². The summed E-state index contributed by atoms with van der Waals surface area (Å²) in [5.41, 5.74) is -0.526. The van der Waals surface area contributed by atoms with E-state index in [9.17, 15) is 9.59 Å². The molecule has 1 unspecified atom stereocenters. The van der Waals surface area contributed by atoms with Crippen LogP contribution in [0.5, 0.6) is 0 Å². The summed E-state index contributed by atoms with van der Waals surface area (Å²) in [5, 5.41) is 14.6. The number of carbonyl (C=O) groups is 2. The molecule has 6 nitrogen and oxygen atoms in total. The molecule has 1 rings (SSSR count). The first-order valence-electron chi connectivity index (χ1n) is 6.56. The monoisotopic (exact) mass is 298 g/mol. The summed E-state index contributed by atoms with van der Waals surface area (Å²) < 4.78 is 0. The van der Waals surface area contributed by atoms with Gasteiger partial charge in [0, 0.05) is 11.3 Å². The first-order valence-corrected chi connectivity index (χ1v) is 7.38. The van der Waals surface area contributed by atoms with Gasteiger partial charge < -0.3 is 5.32 Å². The van der Waals surface area contributed by atoms with Gasteiger partial charge in [0.25, 0.3) is 0 Å². The van der Waals surface area contributed by atoms with Crippen LogP contribution in [0.3, 0.4) is 0 Å². The second kappa shape index (κ2) is 6.30. The van der Waals surface area contributed by atoms with Crippen LogP contribution in [0.15, 0.2) is 0 Å². The number of anilines is 1. The number of amides is 2. The average molecular weight is 298 g/mol. The van der Waals surface area contributed by atoms with Gasteiger partial charge in [-0.15, -0.1) is 10.2 Å². The molecular formula is C13H22N4O2S. The normalized spacial score (nSPS) is 13.2. The Balaban J connectivity index is 2.59. The Kier molecular flexibility index (Phi) is 5.21. The lowest BCUT2D eigenvalue weighted by Gasteiger charge is -2.21. The topological polar surface area (TPSA) is 84.0 Å². The minimum absolute atomic E-state index is 0.166. The van der Waals surface area contributed by atoms with E-state index >= 15 is 0 Å². The second-order valence-corrected chi connectivity index (χ2v) is 7.04. The molecule has 0 aliphatic carbocycles. The quantitative estimate of drug-likeness (QED) is 0.892. The van der Waals surface area contributed by atoms with Crippen molar-refractivity contribution < 1.29 is 9.59 Å². The molecule has 20 heavy (non-hydrogen) atoms. The molecule has 1 aromatic heterocycles. The van der Waals surface area contributed by atoms with Crippen molar-refractivity contribution in [3.8, 4) is 0 Å². The van der Waals surface area contributed by atoms with Crippen LogP contribution >= 0.6 is 11.3 Å². The maximum Gasteiger partial charge on any atom is 0.248 e. The lowest BCUT2D eigenvalue weighted by atomic mass is 9.95. The van der Waals surface area contributed by atoms with E-state index in [2.05, 4.69) is 20.8 Å². The zero-order chi connectivity index (χ0) is 15.5. The van der Waals surface area contributed by atoms with Gasteiger partial charge in [-0.05, 0) is 6.92 Å². The van der Waals surface area contributed by atoms with E-state index in [4.69, 9.17) is 0 Å². The number of nitrogens with one attached hydrogen (secondary N) is 2. The highest BCUT2D eigenvalue weighted by atomic mass is 32.1. The lowest BCUT2D eigenvalue weighted by molar-refractivity contribution is -0.131. The van der Waals surface area contributed by atoms with Crippen LogP contribution < -0.4 is 10.6 Å². The summed E-state index contributed by atoms with van der Waals surface area (Å²) in [4.78, 5) is 23.8. The summed E-state index contributed by atoms with van der Waals surface area (Å²) in [6.45, 7) is 11.1. The van der Waals surface area contributed by atoms with Gasteiger partial charge in [-0.1, -0.05) is 46.0 Å². The number of aromatic nitrogens is 2. The number of hydrogen-bond acceptors (Lipinski definition) is 5. The molecule has 112 valence electrons. The van der Waals surface area contributed by atoms with Crippen molar-refractivity contribution in [2.24, 2.45) is 5.41 Å². The largest absolute Gasteiger partial charge is 0.344 e. The van der Waals surface area contributed by atoms with Crippen molar-refractivity contribution in [3.63, 3.8) is 0 Å². The van der Waals surface area contributed by atoms with Crippen molar-refractivity contribution in [3.05, 3.63) is 5.01 Å². The Labute approximate surface area is 123 Å². The Morgan fingerprint density at radius 2 is 1.75 bits per heavy atom. The minimum Gasteiger partial charge on any atom is -0.344 e. The van der Waals surface area contributed by atoms with E-state index in [0.29, 0.717) is 5.13 Å². The third kappa shape index (κ3) is 4.56. The lowest BCUT2D eigenvalue weighted by Crippen LogP contribution is -2.46. The maximum atomic E-state index is 12.0. The summed E-state index contributed by atoms with van der Waals surface area (Å²) in [6, 6.07) is -0.617. The molecule has 0 aromatic carbocycles. The molecule has 0 fully saturated rings. The predicted octanol–water partition coefficient (Wildman–Crippen LogP) is 2.15. The molecule has 2 amide bonds. The van der Waals surface area contributed by atoms with Crippen LogP contribution in [0.1, 0.15) is 52.5 Å². The van der Waals surface area contributed by atoms with E-state index in [0.717, 1.165) is 5.01 Å². The maximum absolute atomic E-state index is 12.0. The molecular weight excluding hydrogens is 276 g/mol. The van der Waals surface area contributed by atoms with Crippen molar-refractivity contribution in [2.75, 3.05) is 5.32 Å². The van der Waals surface area contributed by atoms with Gasteiger partial charge in [-0.25, -0.2) is 0 Å². The standard InChI is InChI=1S/C13H22N4O2S/c1-7(2)10-16-17-12(20-10)15-9(18)8(3)14-11(19)13(4,5)6/h7-8H,1-6H3,(H,14,19)(H,15,17,18). The molecule has 0 spiro atoms. The van der Waals surface area contributed by atoms with Crippen molar-refractivity contribution in [1.82, 2.24) is 15.5 Å². The van der Waals surface area contributed by atoms with Gasteiger partial charge in [-0.2, -0.15) is 0 Å². The number of hydrogen-bond donors (Lipinski definition) is 2. The fourth-order valence-corrected chi connectivity index (χ4v) is 1.96. The highest BCUT2D eigenvalue weighted by molar-refractivity contribution is 7.15. The SMILES string of the molecule is CC(NC(=O)C(C)(C)C)C(=O)Nc1nnc(C(C)C)s1. The minimum atomic E-state index is -0.617. The molecule has 0 aliphatic rings. The van der Waals surface area contributed by atoms with Crippen molar-refractivity contribution in [2.45, 2.75) is 53.5 Å². The van der Waals surface area contributed by atoms with Crippen LogP contribution in [0.25, 0.3) is 0 Å². The zero-order valence-corrected chi connectivity index (χ0v) is 13.6. The smallest absolute Gasteiger partial charge is 0.248 e. The van der Waals surface area contributed by atoms with Crippen molar-refractivity contribution in [1.29, 1.82) is 0 Å². The van der Waals surface area contributed by atoms with Crippen LogP contribution in [-0.4, -0.2) is 28.1 Å². The average Bonchev–Trinajstić information content (AvgIpc) is 2.76. The fraction of sp³-hybridized carbons (Fsp3) is 0.692. The summed E-state index contributed by atoms with van der Waals surface area (Å²) in [7, 11) is 0. The molecule has 1 atom stereocenters. The van der Waals surface area contributed by atoms with Gasteiger partial charge in [0.05, 0.1) is 0 Å². The van der Waals surface area contributed by atoms with Gasteiger partial charge in [0.2, 0.25) is 16.9 Å². The number of carbonyl (C=O) groups excluding carboxylic acids is 2. The predicted molar refractivity (Wildman–Crippen MR) is 79.7 cm³/mol. The summed E-state index contributed by atoms with van der Waals surface area (Å²) in [6.07, 6.45) is 0. The number of rotatable bonds is 4. The molecule has 0 saturated carbocycles. The third-order valence-corrected chi connectivity index (χ3v) is 3.73. The molecule has 0 saturated heterocycles. The van der Waals surface area contributed by atoms with Gasteiger partial charge in [-0.3, -0.25) is 14.9 Å². The second-order valence-electron chi connectivity index (χ2n) is 6.03. The fourth-order valence-electron chi connectivity index (χ4n) is 1.21. The zero-order valence-electron chi connectivity index (χ0n) is 12.8. The summed E-state index contributed by atoms with van der Waals surface area (Å²) in [5.74, 6) is -0.189. The van der Waals surface area contributed by atoms with Crippen LogP contribution in [0.2, 0.25) is 0 Å². The van der Waals surface area contributed by atoms with E-state index in [1.54, 1.807) is 27.7 Å². The first kappa shape index (κ1) is 16.6. The van der Waals surface area contributed by atoms with Crippen molar-refractivity contribution >= 4 is 28.3 Å². The Bertz CT molecular complexity index is 491. The molecule has 1 heterocycles. The first-order chi connectivity index (χ1) is 9.11. The van der Waals surface area contributed by atoms with Crippen LogP contribution in [-0.2, 0) is 9.59 Å². The van der Waals surface area contributed by atoms with Crippen LogP contribution in [0, 0.1) is 5.41 Å². The molecule has 0 bridgehead atoms. The molecule has 2 N–H and O–H groups in total. The van der Waals surface area contributed by atoms with E-state index in [-0.39, 0.29) is 17.7 Å². The highest BCUT2D eigenvalue weighted by Gasteiger charge is 2.25. The molecule has 7 heteroatoms. The van der Waals surface area contributed by atoms with Gasteiger partial charge in [0.1, 0.15) is 11.0 Å². The Hall–Kier alpha value is -1.50. The van der Waals surface area contributed by atoms with E-state index in [1.165, 1.54) is 11.3 Å². The van der Waals surface area contributed by atoms with Gasteiger partial charge in [0.15, 0.2) is 0 Å².